The molecule has 2 rings (SSSR count). The zero-order chi connectivity index (χ0) is 13.7. The third kappa shape index (κ3) is 3.01. The summed E-state index contributed by atoms with van der Waals surface area (Å²) in [6, 6.07) is 9.37. The van der Waals surface area contributed by atoms with Gasteiger partial charge in [-0.05, 0) is 30.2 Å². The van der Waals surface area contributed by atoms with Gasteiger partial charge in [0.15, 0.2) is 11.6 Å². The number of hydrogen-bond acceptors (Lipinski definition) is 4. The second-order valence-electron chi connectivity index (χ2n) is 3.96. The second kappa shape index (κ2) is 5.86. The van der Waals surface area contributed by atoms with Gasteiger partial charge in [0.1, 0.15) is 5.75 Å². The molecule has 0 aliphatic rings. The van der Waals surface area contributed by atoms with E-state index in [9.17, 15) is 0 Å². The number of nitrogens with two attached hydrogens (primary N) is 1. The Hall–Kier alpha value is -2.56. The van der Waals surface area contributed by atoms with Crippen LogP contribution in [0.1, 0.15) is 18.1 Å². The SMILES string of the molecule is CCc1ccc(Oc2cnccc2/C(N)=N/O)cc1. The maximum atomic E-state index is 8.73. The van der Waals surface area contributed by atoms with Gasteiger partial charge in [0.05, 0.1) is 11.8 Å². The quantitative estimate of drug-likeness (QED) is 0.381. The first-order valence-corrected chi connectivity index (χ1v) is 5.93. The van der Waals surface area contributed by atoms with E-state index in [0.29, 0.717) is 17.1 Å². The summed E-state index contributed by atoms with van der Waals surface area (Å²) in [6.45, 7) is 2.09. The van der Waals surface area contributed by atoms with Crippen molar-refractivity contribution in [3.63, 3.8) is 0 Å². The van der Waals surface area contributed by atoms with Crippen molar-refractivity contribution in [2.75, 3.05) is 0 Å². The summed E-state index contributed by atoms with van der Waals surface area (Å²) in [5.74, 6) is 1.11. The Morgan fingerprint density at radius 1 is 1.32 bits per heavy atom. The molecule has 0 fully saturated rings. The molecule has 1 aromatic carbocycles. The summed E-state index contributed by atoms with van der Waals surface area (Å²) in [5, 5.41) is 11.7. The zero-order valence-corrected chi connectivity index (χ0v) is 10.6. The molecular weight excluding hydrogens is 242 g/mol. The van der Waals surface area contributed by atoms with Gasteiger partial charge < -0.3 is 15.7 Å². The molecule has 0 amide bonds. The molecule has 0 unspecified atom stereocenters. The lowest BCUT2D eigenvalue weighted by Gasteiger charge is -2.09. The standard InChI is InChI=1S/C14H15N3O2/c1-2-10-3-5-11(6-4-10)19-13-9-16-8-7-12(13)14(15)17-18/h3-9,18H,2H2,1H3,(H2,15,17). The fourth-order valence-corrected chi connectivity index (χ4v) is 1.65. The lowest BCUT2D eigenvalue weighted by molar-refractivity contribution is 0.318. The lowest BCUT2D eigenvalue weighted by Crippen LogP contribution is -2.14. The van der Waals surface area contributed by atoms with E-state index in [0.717, 1.165) is 6.42 Å². The van der Waals surface area contributed by atoms with Crippen molar-refractivity contribution in [1.82, 2.24) is 4.98 Å². The molecule has 98 valence electrons. The monoisotopic (exact) mass is 257 g/mol. The van der Waals surface area contributed by atoms with Crippen LogP contribution in [-0.4, -0.2) is 16.0 Å². The highest BCUT2D eigenvalue weighted by Crippen LogP contribution is 2.24. The molecule has 0 spiro atoms. The van der Waals surface area contributed by atoms with Gasteiger partial charge in [-0.2, -0.15) is 0 Å². The Morgan fingerprint density at radius 2 is 2.05 bits per heavy atom. The number of oxime groups is 1. The first-order chi connectivity index (χ1) is 9.24. The van der Waals surface area contributed by atoms with Crippen molar-refractivity contribution in [2.24, 2.45) is 10.9 Å². The Labute approximate surface area is 111 Å². The Balaban J connectivity index is 2.27. The Morgan fingerprint density at radius 3 is 2.68 bits per heavy atom. The predicted octanol–water partition coefficient (Wildman–Crippen LogP) is 2.53. The van der Waals surface area contributed by atoms with E-state index in [1.807, 2.05) is 24.3 Å². The summed E-state index contributed by atoms with van der Waals surface area (Å²) in [7, 11) is 0. The smallest absolute Gasteiger partial charge is 0.173 e. The molecular formula is C14H15N3O2. The van der Waals surface area contributed by atoms with Crippen molar-refractivity contribution < 1.29 is 9.94 Å². The van der Waals surface area contributed by atoms with Crippen molar-refractivity contribution in [1.29, 1.82) is 0 Å². The summed E-state index contributed by atoms with van der Waals surface area (Å²) in [5.41, 5.74) is 7.32. The van der Waals surface area contributed by atoms with Gasteiger partial charge in [0.2, 0.25) is 0 Å². The molecule has 19 heavy (non-hydrogen) atoms. The van der Waals surface area contributed by atoms with E-state index in [1.165, 1.54) is 11.8 Å². The van der Waals surface area contributed by atoms with Crippen LogP contribution in [0.25, 0.3) is 0 Å². The van der Waals surface area contributed by atoms with E-state index in [4.69, 9.17) is 15.7 Å². The van der Waals surface area contributed by atoms with E-state index >= 15 is 0 Å². The number of nitrogens with zero attached hydrogens (tertiary/aromatic N) is 2. The summed E-state index contributed by atoms with van der Waals surface area (Å²) >= 11 is 0. The minimum atomic E-state index is -0.0115. The molecule has 0 aliphatic heterocycles. The van der Waals surface area contributed by atoms with Gasteiger partial charge in [-0.15, -0.1) is 0 Å². The largest absolute Gasteiger partial charge is 0.455 e. The number of amidine groups is 1. The van der Waals surface area contributed by atoms with Gasteiger partial charge in [0.25, 0.3) is 0 Å². The molecule has 1 heterocycles. The number of aromatic nitrogens is 1. The van der Waals surface area contributed by atoms with Crippen LogP contribution in [0.5, 0.6) is 11.5 Å². The van der Waals surface area contributed by atoms with E-state index in [2.05, 4.69) is 17.1 Å². The maximum absolute atomic E-state index is 8.73. The first kappa shape index (κ1) is 12.9. The van der Waals surface area contributed by atoms with Crippen LogP contribution in [0.2, 0.25) is 0 Å². The molecule has 0 radical (unpaired) electrons. The highest BCUT2D eigenvalue weighted by Gasteiger charge is 2.09. The van der Waals surface area contributed by atoms with Crippen LogP contribution in [0.15, 0.2) is 47.9 Å². The van der Waals surface area contributed by atoms with Crippen molar-refractivity contribution >= 4 is 5.84 Å². The average molecular weight is 257 g/mol. The molecule has 5 nitrogen and oxygen atoms in total. The number of benzene rings is 1. The minimum Gasteiger partial charge on any atom is -0.455 e. The molecule has 0 saturated heterocycles. The summed E-state index contributed by atoms with van der Waals surface area (Å²) in [4.78, 5) is 3.97. The van der Waals surface area contributed by atoms with Crippen LogP contribution in [0.3, 0.4) is 0 Å². The van der Waals surface area contributed by atoms with E-state index in [-0.39, 0.29) is 5.84 Å². The molecule has 0 saturated carbocycles. The maximum Gasteiger partial charge on any atom is 0.173 e. The van der Waals surface area contributed by atoms with Gasteiger partial charge in [-0.25, -0.2) is 0 Å². The molecule has 0 atom stereocenters. The molecule has 0 aliphatic carbocycles. The number of hydrogen-bond donors (Lipinski definition) is 2. The zero-order valence-electron chi connectivity index (χ0n) is 10.6. The third-order valence-electron chi connectivity index (χ3n) is 2.73. The highest BCUT2D eigenvalue weighted by molar-refractivity contribution is 5.99. The van der Waals surface area contributed by atoms with Crippen LogP contribution in [0, 0.1) is 0 Å². The third-order valence-corrected chi connectivity index (χ3v) is 2.73. The normalized spacial score (nSPS) is 11.3. The van der Waals surface area contributed by atoms with Crippen LogP contribution >= 0.6 is 0 Å². The van der Waals surface area contributed by atoms with Crippen molar-refractivity contribution in [3.8, 4) is 11.5 Å². The van der Waals surface area contributed by atoms with Gasteiger partial charge in [-0.1, -0.05) is 24.2 Å². The fraction of sp³-hybridized carbons (Fsp3) is 0.143. The van der Waals surface area contributed by atoms with Crippen LogP contribution < -0.4 is 10.5 Å². The average Bonchev–Trinajstić information content (AvgIpc) is 2.48. The van der Waals surface area contributed by atoms with Gasteiger partial charge in [-0.3, -0.25) is 4.98 Å². The Kier molecular flexibility index (Phi) is 3.97. The molecule has 0 bridgehead atoms. The number of ether oxygens (including phenoxy) is 1. The number of pyridine rings is 1. The minimum absolute atomic E-state index is 0.0115. The highest BCUT2D eigenvalue weighted by atomic mass is 16.5. The fourth-order valence-electron chi connectivity index (χ4n) is 1.65. The predicted molar refractivity (Wildman–Crippen MR) is 72.6 cm³/mol. The topological polar surface area (TPSA) is 80.7 Å². The van der Waals surface area contributed by atoms with E-state index < -0.39 is 0 Å². The first-order valence-electron chi connectivity index (χ1n) is 5.93. The number of rotatable bonds is 4. The summed E-state index contributed by atoms with van der Waals surface area (Å²) in [6.07, 6.45) is 4.06. The number of aryl methyl sites for hydroxylation is 1. The second-order valence-corrected chi connectivity index (χ2v) is 3.96. The van der Waals surface area contributed by atoms with E-state index in [1.54, 1.807) is 12.3 Å². The van der Waals surface area contributed by atoms with Gasteiger partial charge >= 0.3 is 0 Å². The summed E-state index contributed by atoms with van der Waals surface area (Å²) < 4.78 is 5.70. The molecule has 2 aromatic rings. The molecule has 1 aromatic heterocycles. The van der Waals surface area contributed by atoms with Crippen molar-refractivity contribution in [3.05, 3.63) is 53.9 Å². The lowest BCUT2D eigenvalue weighted by atomic mass is 10.2. The van der Waals surface area contributed by atoms with Crippen molar-refractivity contribution in [2.45, 2.75) is 13.3 Å². The van der Waals surface area contributed by atoms with Gasteiger partial charge in [0, 0.05) is 6.20 Å². The molecule has 3 N–H and O–H groups in total. The molecule has 5 heteroatoms. The van der Waals surface area contributed by atoms with Crippen LogP contribution in [-0.2, 0) is 6.42 Å². The van der Waals surface area contributed by atoms with Crippen LogP contribution in [0.4, 0.5) is 0 Å². The Bertz CT molecular complexity index is 579.